The fraction of sp³-hybridized carbons (Fsp3) is 0.294. The van der Waals surface area contributed by atoms with Crippen molar-refractivity contribution in [2.75, 3.05) is 13.1 Å². The summed E-state index contributed by atoms with van der Waals surface area (Å²) in [6.45, 7) is 2.43. The summed E-state index contributed by atoms with van der Waals surface area (Å²) in [5.74, 6) is 0. The topological polar surface area (TPSA) is 75.2 Å². The second-order valence-corrected chi connectivity index (χ2v) is 8.43. The Morgan fingerprint density at radius 1 is 1.12 bits per heavy atom. The highest BCUT2D eigenvalue weighted by atomic mass is 32.2. The SMILES string of the molecule is O=S(=O)(NC1CCN(Cc2ccccc2)C1)c1cccc2nsnc12. The van der Waals surface area contributed by atoms with Crippen LogP contribution in [0.15, 0.2) is 53.4 Å². The number of hydrogen-bond donors (Lipinski definition) is 1. The number of fused-ring (bicyclic) bond motifs is 1. The lowest BCUT2D eigenvalue weighted by molar-refractivity contribution is 0.324. The standard InChI is InChI=1S/C17H18N4O2S2/c22-25(23,16-8-4-7-15-17(16)19-24-18-15)20-14-9-10-21(12-14)11-13-5-2-1-3-6-13/h1-8,14,20H,9-12H2. The number of likely N-dealkylation sites (tertiary alicyclic amines) is 1. The molecule has 1 fully saturated rings. The van der Waals surface area contributed by atoms with Crippen LogP contribution >= 0.6 is 11.7 Å². The summed E-state index contributed by atoms with van der Waals surface area (Å²) >= 11 is 1.03. The zero-order valence-corrected chi connectivity index (χ0v) is 15.1. The number of benzene rings is 2. The van der Waals surface area contributed by atoms with Gasteiger partial charge in [0, 0.05) is 25.7 Å². The molecule has 1 aliphatic heterocycles. The summed E-state index contributed by atoms with van der Waals surface area (Å²) in [5, 5.41) is 0. The van der Waals surface area contributed by atoms with Gasteiger partial charge >= 0.3 is 0 Å². The van der Waals surface area contributed by atoms with E-state index in [0.717, 1.165) is 31.2 Å². The number of rotatable bonds is 5. The van der Waals surface area contributed by atoms with Crippen LogP contribution in [0.5, 0.6) is 0 Å². The first-order valence-electron chi connectivity index (χ1n) is 8.12. The van der Waals surface area contributed by atoms with Crippen molar-refractivity contribution in [2.45, 2.75) is 23.9 Å². The molecule has 6 nitrogen and oxygen atoms in total. The molecule has 1 atom stereocenters. The molecule has 0 radical (unpaired) electrons. The van der Waals surface area contributed by atoms with Crippen LogP contribution in [0.2, 0.25) is 0 Å². The molecule has 1 aromatic heterocycles. The van der Waals surface area contributed by atoms with E-state index in [0.29, 0.717) is 17.6 Å². The minimum atomic E-state index is -3.61. The van der Waals surface area contributed by atoms with E-state index in [1.54, 1.807) is 18.2 Å². The molecule has 0 saturated carbocycles. The Morgan fingerprint density at radius 3 is 2.80 bits per heavy atom. The van der Waals surface area contributed by atoms with Crippen LogP contribution < -0.4 is 4.72 Å². The van der Waals surface area contributed by atoms with Gasteiger partial charge in [0.05, 0.1) is 11.7 Å². The Morgan fingerprint density at radius 2 is 1.96 bits per heavy atom. The molecule has 130 valence electrons. The predicted molar refractivity (Wildman–Crippen MR) is 97.9 cm³/mol. The van der Waals surface area contributed by atoms with Gasteiger partial charge in [0.2, 0.25) is 10.0 Å². The van der Waals surface area contributed by atoms with Crippen LogP contribution in [-0.4, -0.2) is 41.2 Å². The summed E-state index contributed by atoms with van der Waals surface area (Å²) in [5.41, 5.74) is 2.30. The first-order chi connectivity index (χ1) is 12.1. The average molecular weight is 374 g/mol. The normalized spacial score (nSPS) is 18.8. The van der Waals surface area contributed by atoms with Crippen LogP contribution in [0.25, 0.3) is 11.0 Å². The zero-order chi connectivity index (χ0) is 17.3. The van der Waals surface area contributed by atoms with Crippen molar-refractivity contribution in [3.8, 4) is 0 Å². The highest BCUT2D eigenvalue weighted by Gasteiger charge is 2.28. The van der Waals surface area contributed by atoms with Crippen molar-refractivity contribution in [3.05, 3.63) is 54.1 Å². The maximum Gasteiger partial charge on any atom is 0.243 e. The molecule has 0 aliphatic carbocycles. The van der Waals surface area contributed by atoms with Crippen LogP contribution in [0.4, 0.5) is 0 Å². The molecule has 4 rings (SSSR count). The van der Waals surface area contributed by atoms with Gasteiger partial charge in [-0.3, -0.25) is 4.90 Å². The highest BCUT2D eigenvalue weighted by molar-refractivity contribution is 7.89. The highest BCUT2D eigenvalue weighted by Crippen LogP contribution is 2.22. The van der Waals surface area contributed by atoms with Gasteiger partial charge in [-0.25, -0.2) is 13.1 Å². The summed E-state index contributed by atoms with van der Waals surface area (Å²) in [4.78, 5) is 2.48. The molecule has 0 amide bonds. The maximum absolute atomic E-state index is 12.8. The summed E-state index contributed by atoms with van der Waals surface area (Å²) in [7, 11) is -3.61. The third kappa shape index (κ3) is 3.57. The molecule has 0 bridgehead atoms. The molecule has 2 heterocycles. The Kier molecular flexibility index (Phi) is 4.51. The fourth-order valence-electron chi connectivity index (χ4n) is 3.20. The molecular weight excluding hydrogens is 356 g/mol. The summed E-state index contributed by atoms with van der Waals surface area (Å²) in [6.07, 6.45) is 0.803. The van der Waals surface area contributed by atoms with Crippen molar-refractivity contribution in [2.24, 2.45) is 0 Å². The first-order valence-corrected chi connectivity index (χ1v) is 10.3. The second kappa shape index (κ2) is 6.80. The Labute approximate surface area is 150 Å². The second-order valence-electron chi connectivity index (χ2n) is 6.22. The fourth-order valence-corrected chi connectivity index (χ4v) is 5.22. The molecule has 8 heteroatoms. The van der Waals surface area contributed by atoms with Gasteiger partial charge in [-0.15, -0.1) is 0 Å². The van der Waals surface area contributed by atoms with Gasteiger partial charge < -0.3 is 0 Å². The smallest absolute Gasteiger partial charge is 0.243 e. The lowest BCUT2D eigenvalue weighted by atomic mass is 10.2. The third-order valence-corrected chi connectivity index (χ3v) is 6.48. The van der Waals surface area contributed by atoms with Gasteiger partial charge in [-0.1, -0.05) is 36.4 Å². The van der Waals surface area contributed by atoms with Crippen molar-refractivity contribution in [1.29, 1.82) is 0 Å². The van der Waals surface area contributed by atoms with Crippen LogP contribution in [0.3, 0.4) is 0 Å². The molecule has 3 aromatic rings. The van der Waals surface area contributed by atoms with Crippen molar-refractivity contribution >= 4 is 32.8 Å². The van der Waals surface area contributed by atoms with Crippen LogP contribution in [0, 0.1) is 0 Å². The van der Waals surface area contributed by atoms with Gasteiger partial charge in [-0.05, 0) is 24.1 Å². The summed E-state index contributed by atoms with van der Waals surface area (Å²) < 4.78 is 36.6. The lowest BCUT2D eigenvalue weighted by Gasteiger charge is -2.17. The molecule has 1 unspecified atom stereocenters. The van der Waals surface area contributed by atoms with E-state index in [1.807, 2.05) is 18.2 Å². The third-order valence-electron chi connectivity index (χ3n) is 4.38. The number of nitrogens with zero attached hydrogens (tertiary/aromatic N) is 3. The number of sulfonamides is 1. The number of aromatic nitrogens is 2. The Hall–Kier alpha value is -1.87. The Balaban J connectivity index is 1.46. The minimum Gasteiger partial charge on any atom is -0.297 e. The van der Waals surface area contributed by atoms with Crippen molar-refractivity contribution in [1.82, 2.24) is 18.4 Å². The first kappa shape index (κ1) is 16.6. The lowest BCUT2D eigenvalue weighted by Crippen LogP contribution is -2.37. The van der Waals surface area contributed by atoms with Gasteiger partial charge in [0.15, 0.2) is 0 Å². The quantitative estimate of drug-likeness (QED) is 0.741. The van der Waals surface area contributed by atoms with E-state index in [2.05, 4.69) is 30.5 Å². The van der Waals surface area contributed by atoms with E-state index in [-0.39, 0.29) is 10.9 Å². The largest absolute Gasteiger partial charge is 0.297 e. The average Bonchev–Trinajstić information content (AvgIpc) is 3.24. The van der Waals surface area contributed by atoms with Gasteiger partial charge in [0.1, 0.15) is 15.9 Å². The number of nitrogens with one attached hydrogen (secondary N) is 1. The minimum absolute atomic E-state index is 0.0874. The van der Waals surface area contributed by atoms with E-state index >= 15 is 0 Å². The molecule has 1 saturated heterocycles. The van der Waals surface area contributed by atoms with Gasteiger partial charge in [-0.2, -0.15) is 8.75 Å². The van der Waals surface area contributed by atoms with Crippen LogP contribution in [-0.2, 0) is 16.6 Å². The monoisotopic (exact) mass is 374 g/mol. The van der Waals surface area contributed by atoms with Crippen molar-refractivity contribution in [3.63, 3.8) is 0 Å². The molecular formula is C17H18N4O2S2. The molecule has 1 aliphatic rings. The molecule has 1 N–H and O–H groups in total. The van der Waals surface area contributed by atoms with E-state index < -0.39 is 10.0 Å². The summed E-state index contributed by atoms with van der Waals surface area (Å²) in [6, 6.07) is 15.2. The molecule has 0 spiro atoms. The zero-order valence-electron chi connectivity index (χ0n) is 13.5. The van der Waals surface area contributed by atoms with E-state index in [1.165, 1.54) is 5.56 Å². The molecule has 25 heavy (non-hydrogen) atoms. The number of hydrogen-bond acceptors (Lipinski definition) is 6. The predicted octanol–water partition coefficient (Wildman–Crippen LogP) is 2.24. The van der Waals surface area contributed by atoms with Gasteiger partial charge in [0.25, 0.3) is 0 Å². The molecule has 2 aromatic carbocycles. The van der Waals surface area contributed by atoms with Crippen LogP contribution in [0.1, 0.15) is 12.0 Å². The van der Waals surface area contributed by atoms with Crippen molar-refractivity contribution < 1.29 is 8.42 Å². The maximum atomic E-state index is 12.8. The Bertz CT molecular complexity index is 972. The van der Waals surface area contributed by atoms with E-state index in [4.69, 9.17) is 0 Å². The van der Waals surface area contributed by atoms with E-state index in [9.17, 15) is 8.42 Å².